The minimum Gasteiger partial charge on any atom is -0.350 e. The molecule has 0 aliphatic rings. The molecule has 24 heavy (non-hydrogen) atoms. The molecule has 2 aromatic heterocycles. The fraction of sp³-hybridized carbons (Fsp3) is 0.263. The number of aromatic nitrogens is 2. The van der Waals surface area contributed by atoms with Crippen molar-refractivity contribution in [1.29, 1.82) is 0 Å². The summed E-state index contributed by atoms with van der Waals surface area (Å²) in [5.74, 6) is 0.0535. The molecule has 124 valence electrons. The molecule has 1 N–H and O–H groups in total. The molecule has 0 unspecified atom stereocenters. The average Bonchev–Trinajstić information content (AvgIpc) is 2.99. The number of nitrogens with one attached hydrogen (secondary N) is 1. The minimum atomic E-state index is 0.0535. The number of pyridine rings is 1. The maximum Gasteiger partial charge on any atom is 0.220 e. The summed E-state index contributed by atoms with van der Waals surface area (Å²) in [5.41, 5.74) is 4.13. The Morgan fingerprint density at radius 1 is 1.25 bits per heavy atom. The monoisotopic (exact) mass is 341 g/mol. The molecule has 0 radical (unpaired) electrons. The van der Waals surface area contributed by atoms with Gasteiger partial charge in [-0.05, 0) is 49.1 Å². The second kappa shape index (κ2) is 7.49. The summed E-state index contributed by atoms with van der Waals surface area (Å²) in [5, 5.41) is 3.67. The molecule has 3 rings (SSSR count). The number of hydrogen-bond donors (Lipinski definition) is 1. The summed E-state index contributed by atoms with van der Waals surface area (Å²) in [6.07, 6.45) is 6.12. The van der Waals surface area contributed by atoms with Crippen molar-refractivity contribution in [2.75, 3.05) is 0 Å². The number of carbonyl (C=O) groups excluding carboxylic acids is 1. The van der Waals surface area contributed by atoms with Gasteiger partial charge in [-0.3, -0.25) is 4.79 Å². The number of aryl methyl sites for hydroxylation is 2. The molecule has 0 aliphatic carbocycles. The zero-order valence-corrected chi connectivity index (χ0v) is 14.4. The van der Waals surface area contributed by atoms with Crippen LogP contribution in [0.15, 0.2) is 48.8 Å². The van der Waals surface area contributed by atoms with Gasteiger partial charge in [0.15, 0.2) is 0 Å². The highest BCUT2D eigenvalue weighted by Gasteiger charge is 2.06. The molecule has 3 aromatic rings. The first-order valence-electron chi connectivity index (χ1n) is 8.06. The Labute approximate surface area is 146 Å². The molecular weight excluding hydrogens is 322 g/mol. The number of nitrogens with zero attached hydrogens (tertiary/aromatic N) is 2. The van der Waals surface area contributed by atoms with Gasteiger partial charge in [-0.1, -0.05) is 29.8 Å². The van der Waals surface area contributed by atoms with E-state index in [1.165, 1.54) is 5.56 Å². The lowest BCUT2D eigenvalue weighted by Crippen LogP contribution is -2.22. The van der Waals surface area contributed by atoms with Crippen LogP contribution in [0, 0.1) is 6.92 Å². The fourth-order valence-electron chi connectivity index (χ4n) is 2.67. The topological polar surface area (TPSA) is 46.4 Å². The number of hydrogen-bond acceptors (Lipinski definition) is 2. The largest absolute Gasteiger partial charge is 0.350 e. The maximum atomic E-state index is 12.0. The zero-order chi connectivity index (χ0) is 16.9. The van der Waals surface area contributed by atoms with Crippen molar-refractivity contribution in [1.82, 2.24) is 14.7 Å². The molecule has 0 fully saturated rings. The highest BCUT2D eigenvalue weighted by Crippen LogP contribution is 2.12. The van der Waals surface area contributed by atoms with Gasteiger partial charge < -0.3 is 9.72 Å². The minimum absolute atomic E-state index is 0.0535. The van der Waals surface area contributed by atoms with E-state index in [0.29, 0.717) is 13.0 Å². The number of fused-ring (bicyclic) bond motifs is 1. The number of amides is 1. The highest BCUT2D eigenvalue weighted by molar-refractivity contribution is 6.30. The summed E-state index contributed by atoms with van der Waals surface area (Å²) in [6.45, 7) is 2.49. The Kier molecular flexibility index (Phi) is 5.16. The van der Waals surface area contributed by atoms with Crippen molar-refractivity contribution in [3.8, 4) is 0 Å². The van der Waals surface area contributed by atoms with Crippen LogP contribution in [-0.4, -0.2) is 15.3 Å². The summed E-state index contributed by atoms with van der Waals surface area (Å²) >= 11 is 5.86. The normalized spacial score (nSPS) is 10.9. The standard InChI is InChI=1S/C19H20ClN3O/c1-14-4-3-11-23-13-17(22-19(14)23)12-21-18(24)6-2-5-15-7-9-16(20)10-8-15/h3-4,7-11,13H,2,5-6,12H2,1H3,(H,21,24). The van der Waals surface area contributed by atoms with E-state index in [2.05, 4.69) is 10.3 Å². The van der Waals surface area contributed by atoms with Gasteiger partial charge in [0.2, 0.25) is 5.91 Å². The molecule has 0 bridgehead atoms. The molecule has 0 saturated carbocycles. The molecule has 0 spiro atoms. The number of carbonyl (C=O) groups is 1. The van der Waals surface area contributed by atoms with Gasteiger partial charge in [0.1, 0.15) is 5.65 Å². The van der Waals surface area contributed by atoms with Gasteiger partial charge in [0.05, 0.1) is 12.2 Å². The van der Waals surface area contributed by atoms with E-state index in [1.807, 2.05) is 60.1 Å². The molecular formula is C19H20ClN3O. The quantitative estimate of drug-likeness (QED) is 0.738. The van der Waals surface area contributed by atoms with Gasteiger partial charge in [-0.15, -0.1) is 0 Å². The zero-order valence-electron chi connectivity index (χ0n) is 13.6. The molecule has 4 nitrogen and oxygen atoms in total. The number of benzene rings is 1. The summed E-state index contributed by atoms with van der Waals surface area (Å²) in [7, 11) is 0. The molecule has 1 aromatic carbocycles. The van der Waals surface area contributed by atoms with E-state index in [0.717, 1.165) is 34.8 Å². The van der Waals surface area contributed by atoms with Crippen molar-refractivity contribution in [2.24, 2.45) is 0 Å². The van der Waals surface area contributed by atoms with E-state index in [-0.39, 0.29) is 5.91 Å². The van der Waals surface area contributed by atoms with E-state index in [4.69, 9.17) is 11.6 Å². The van der Waals surface area contributed by atoms with Crippen LogP contribution in [0.3, 0.4) is 0 Å². The number of halogens is 1. The number of imidazole rings is 1. The van der Waals surface area contributed by atoms with Crippen LogP contribution in [0.4, 0.5) is 0 Å². The van der Waals surface area contributed by atoms with Crippen LogP contribution < -0.4 is 5.32 Å². The predicted molar refractivity (Wildman–Crippen MR) is 96.2 cm³/mol. The second-order valence-electron chi connectivity index (χ2n) is 5.91. The highest BCUT2D eigenvalue weighted by atomic mass is 35.5. The lowest BCUT2D eigenvalue weighted by Gasteiger charge is -2.04. The molecule has 0 aliphatic heterocycles. The molecule has 0 atom stereocenters. The Morgan fingerprint density at radius 3 is 2.79 bits per heavy atom. The first kappa shape index (κ1) is 16.5. The lowest BCUT2D eigenvalue weighted by molar-refractivity contribution is -0.121. The van der Waals surface area contributed by atoms with Crippen LogP contribution in [0.2, 0.25) is 5.02 Å². The van der Waals surface area contributed by atoms with Crippen molar-refractivity contribution < 1.29 is 4.79 Å². The Morgan fingerprint density at radius 2 is 2.04 bits per heavy atom. The van der Waals surface area contributed by atoms with Crippen molar-refractivity contribution in [3.05, 3.63) is 70.6 Å². The van der Waals surface area contributed by atoms with Gasteiger partial charge in [-0.2, -0.15) is 0 Å². The third kappa shape index (κ3) is 4.15. The second-order valence-corrected chi connectivity index (χ2v) is 6.35. The van der Waals surface area contributed by atoms with Crippen LogP contribution in [0.5, 0.6) is 0 Å². The molecule has 1 amide bonds. The van der Waals surface area contributed by atoms with Crippen LogP contribution >= 0.6 is 11.6 Å². The predicted octanol–water partition coefficient (Wildman–Crippen LogP) is 3.94. The third-order valence-corrected chi connectivity index (χ3v) is 4.23. The van der Waals surface area contributed by atoms with Crippen LogP contribution in [0.1, 0.15) is 29.7 Å². The first-order valence-corrected chi connectivity index (χ1v) is 8.44. The van der Waals surface area contributed by atoms with Gasteiger partial charge >= 0.3 is 0 Å². The smallest absolute Gasteiger partial charge is 0.220 e. The van der Waals surface area contributed by atoms with Gasteiger partial charge in [-0.25, -0.2) is 4.98 Å². The third-order valence-electron chi connectivity index (χ3n) is 3.98. The summed E-state index contributed by atoms with van der Waals surface area (Å²) < 4.78 is 1.98. The Hall–Kier alpha value is -2.33. The lowest BCUT2D eigenvalue weighted by atomic mass is 10.1. The molecule has 2 heterocycles. The summed E-state index contributed by atoms with van der Waals surface area (Å²) in [4.78, 5) is 16.5. The van der Waals surface area contributed by atoms with Crippen LogP contribution in [0.25, 0.3) is 5.65 Å². The molecule has 5 heteroatoms. The Balaban J connectivity index is 1.46. The van der Waals surface area contributed by atoms with E-state index in [9.17, 15) is 4.79 Å². The van der Waals surface area contributed by atoms with Gasteiger partial charge in [0, 0.05) is 23.8 Å². The fourth-order valence-corrected chi connectivity index (χ4v) is 2.80. The van der Waals surface area contributed by atoms with E-state index in [1.54, 1.807) is 0 Å². The van der Waals surface area contributed by atoms with Crippen molar-refractivity contribution >= 4 is 23.2 Å². The van der Waals surface area contributed by atoms with Gasteiger partial charge in [0.25, 0.3) is 0 Å². The first-order chi connectivity index (χ1) is 11.6. The van der Waals surface area contributed by atoms with Crippen LogP contribution in [-0.2, 0) is 17.8 Å². The average molecular weight is 342 g/mol. The summed E-state index contributed by atoms with van der Waals surface area (Å²) in [6, 6.07) is 11.8. The SMILES string of the molecule is Cc1cccn2cc(CNC(=O)CCCc3ccc(Cl)cc3)nc12. The van der Waals surface area contributed by atoms with E-state index < -0.39 is 0 Å². The Bertz CT molecular complexity index is 839. The number of rotatable bonds is 6. The van der Waals surface area contributed by atoms with Crippen molar-refractivity contribution in [3.63, 3.8) is 0 Å². The maximum absolute atomic E-state index is 12.0. The van der Waals surface area contributed by atoms with Crippen molar-refractivity contribution in [2.45, 2.75) is 32.7 Å². The molecule has 0 saturated heterocycles. The van der Waals surface area contributed by atoms with E-state index >= 15 is 0 Å².